The first-order valence-corrected chi connectivity index (χ1v) is 19.7. The molecule has 3 aliphatic rings. The summed E-state index contributed by atoms with van der Waals surface area (Å²) in [6.45, 7) is 9.72. The summed E-state index contributed by atoms with van der Waals surface area (Å²) in [6.07, 6.45) is 0. The van der Waals surface area contributed by atoms with Gasteiger partial charge in [0, 0.05) is 34.1 Å². The molecule has 0 saturated carbocycles. The van der Waals surface area contributed by atoms with Gasteiger partial charge < -0.3 is 4.90 Å². The predicted molar refractivity (Wildman–Crippen MR) is 204 cm³/mol. The summed E-state index contributed by atoms with van der Waals surface area (Å²) >= 11 is 0. The fourth-order valence-electron chi connectivity index (χ4n) is 8.84. The number of aromatic nitrogens is 1. The van der Waals surface area contributed by atoms with Crippen LogP contribution in [0.5, 0.6) is 0 Å². The van der Waals surface area contributed by atoms with Crippen molar-refractivity contribution in [2.24, 2.45) is 0 Å². The van der Waals surface area contributed by atoms with Gasteiger partial charge in [-0.05, 0) is 94.5 Å². The molecular weight excluding hydrogens is 585 g/mol. The lowest BCUT2D eigenvalue weighted by molar-refractivity contribution is 1.08. The number of para-hydroxylation sites is 3. The average Bonchev–Trinajstić information content (AvgIpc) is 3.43. The number of anilines is 6. The lowest BCUT2D eigenvalue weighted by atomic mass is 9.33. The van der Waals surface area contributed by atoms with Gasteiger partial charge in [0.2, 0.25) is 0 Å². The summed E-state index contributed by atoms with van der Waals surface area (Å²) in [5, 5.41) is 4.37. The molecule has 0 unspecified atom stereocenters. The quantitative estimate of drug-likeness (QED) is 0.186. The molecule has 10 rings (SSSR count). The molecule has 0 aliphatic carbocycles. The predicted octanol–water partition coefficient (Wildman–Crippen LogP) is 7.47. The summed E-state index contributed by atoms with van der Waals surface area (Å²) in [7, 11) is -2.03. The highest BCUT2D eigenvalue weighted by atomic mass is 28.3. The Kier molecular flexibility index (Phi) is 5.38. The molecule has 0 bridgehead atoms. The van der Waals surface area contributed by atoms with E-state index in [0.29, 0.717) is 0 Å². The van der Waals surface area contributed by atoms with Gasteiger partial charge in [0.05, 0.1) is 5.52 Å². The number of hydrogen-bond donors (Lipinski definition) is 0. The lowest BCUT2D eigenvalue weighted by Crippen LogP contribution is -2.67. The smallest absolute Gasteiger partial charge is 0.255 e. The Morgan fingerprint density at radius 3 is 1.96 bits per heavy atom. The molecule has 0 spiro atoms. The maximum atomic E-state index is 2.62. The van der Waals surface area contributed by atoms with Crippen LogP contribution in [0.25, 0.3) is 16.6 Å². The highest BCUT2D eigenvalue weighted by Gasteiger charge is 2.50. The van der Waals surface area contributed by atoms with Crippen molar-refractivity contribution in [2.75, 3.05) is 9.80 Å². The van der Waals surface area contributed by atoms with Crippen molar-refractivity contribution >= 4 is 86.7 Å². The van der Waals surface area contributed by atoms with Crippen LogP contribution < -0.4 is 36.6 Å². The maximum absolute atomic E-state index is 2.62. The number of rotatable bonds is 2. The highest BCUT2D eigenvalue weighted by Crippen LogP contribution is 2.47. The monoisotopic (exact) mass is 619 g/mol. The molecule has 0 saturated heterocycles. The third-order valence-electron chi connectivity index (χ3n) is 10.8. The Bertz CT molecular complexity index is 2430. The third-order valence-corrected chi connectivity index (χ3v) is 14.3. The summed E-state index contributed by atoms with van der Waals surface area (Å²) in [4.78, 5) is 5.15. The fourth-order valence-corrected chi connectivity index (χ4v) is 12.0. The van der Waals surface area contributed by atoms with E-state index >= 15 is 0 Å². The van der Waals surface area contributed by atoms with Gasteiger partial charge in [-0.2, -0.15) is 0 Å². The van der Waals surface area contributed by atoms with Gasteiger partial charge in [0.1, 0.15) is 13.9 Å². The number of fused-ring (bicyclic) bond motifs is 8. The molecule has 3 aliphatic heterocycles. The van der Waals surface area contributed by atoms with E-state index in [9.17, 15) is 0 Å². The van der Waals surface area contributed by atoms with Gasteiger partial charge in [0.25, 0.3) is 6.71 Å². The number of nitrogens with zero attached hydrogens (tertiary/aromatic N) is 3. The van der Waals surface area contributed by atoms with Crippen molar-refractivity contribution in [3.05, 3.63) is 145 Å². The van der Waals surface area contributed by atoms with E-state index in [2.05, 4.69) is 175 Å². The molecule has 0 radical (unpaired) electrons. The number of aryl methyl sites for hydroxylation is 2. The minimum Gasteiger partial charge on any atom is -0.312 e. The molecule has 3 nitrogen and oxygen atoms in total. The first-order valence-electron chi connectivity index (χ1n) is 16.7. The first kappa shape index (κ1) is 26.9. The van der Waals surface area contributed by atoms with Crippen LogP contribution in [0.2, 0.25) is 13.1 Å². The maximum Gasteiger partial charge on any atom is 0.255 e. The topological polar surface area (TPSA) is 11.4 Å². The van der Waals surface area contributed by atoms with Gasteiger partial charge in [-0.15, -0.1) is 0 Å². The molecule has 5 heteroatoms. The third kappa shape index (κ3) is 3.47. The van der Waals surface area contributed by atoms with Gasteiger partial charge in [-0.3, -0.25) is 9.47 Å². The van der Waals surface area contributed by atoms with Crippen LogP contribution in [0.4, 0.5) is 34.3 Å². The Hall–Kier alpha value is -5.26. The standard InChI is InChI=1S/C42H34BN3Si/c1-27-22-23-34-37(25-27)47(3,4)38-26-28(2)24-32-41(38)46(34)36-21-13-20-35-40(36)43(32)39-31-18-11-12-19-33(31)44(29-14-7-5-8-15-29)42(39)45(35)30-16-9-6-10-17-30/h5-26H,1-4H3. The molecule has 224 valence electrons. The van der Waals surface area contributed by atoms with Crippen LogP contribution in [0.15, 0.2) is 133 Å². The first-order chi connectivity index (χ1) is 22.9. The van der Waals surface area contributed by atoms with Crippen molar-refractivity contribution < 1.29 is 0 Å². The Balaban J connectivity index is 1.40. The molecule has 0 atom stereocenters. The zero-order valence-electron chi connectivity index (χ0n) is 27.1. The van der Waals surface area contributed by atoms with Crippen molar-refractivity contribution in [3.8, 4) is 5.69 Å². The Labute approximate surface area is 277 Å². The van der Waals surface area contributed by atoms with Crippen LogP contribution in [0, 0.1) is 13.8 Å². The fraction of sp³-hybridized carbons (Fsp3) is 0.0952. The summed E-state index contributed by atoms with van der Waals surface area (Å²) < 4.78 is 2.50. The summed E-state index contributed by atoms with van der Waals surface area (Å²) in [6, 6.07) is 50.0. The zero-order chi connectivity index (χ0) is 31.6. The van der Waals surface area contributed by atoms with E-state index in [1.165, 1.54) is 83.5 Å². The minimum atomic E-state index is -2.03. The molecular formula is C42H34BN3Si. The van der Waals surface area contributed by atoms with E-state index < -0.39 is 8.07 Å². The number of hydrogen-bond acceptors (Lipinski definition) is 2. The number of benzene rings is 6. The van der Waals surface area contributed by atoms with E-state index in [0.717, 1.165) is 0 Å². The second kappa shape index (κ2) is 9.40. The van der Waals surface area contributed by atoms with E-state index in [-0.39, 0.29) is 6.71 Å². The van der Waals surface area contributed by atoms with Crippen LogP contribution in [-0.2, 0) is 0 Å². The van der Waals surface area contributed by atoms with E-state index in [1.54, 1.807) is 5.19 Å². The van der Waals surface area contributed by atoms with E-state index in [4.69, 9.17) is 0 Å². The van der Waals surface area contributed by atoms with Gasteiger partial charge in [-0.25, -0.2) is 0 Å². The molecule has 4 heterocycles. The van der Waals surface area contributed by atoms with Crippen molar-refractivity contribution in [3.63, 3.8) is 0 Å². The highest BCUT2D eigenvalue weighted by molar-refractivity contribution is 7.06. The summed E-state index contributed by atoms with van der Waals surface area (Å²) in [5.74, 6) is 1.23. The average molecular weight is 620 g/mol. The van der Waals surface area contributed by atoms with Crippen molar-refractivity contribution in [1.82, 2.24) is 4.57 Å². The second-order valence-corrected chi connectivity index (χ2v) is 18.3. The van der Waals surface area contributed by atoms with Gasteiger partial charge in [-0.1, -0.05) is 109 Å². The minimum absolute atomic E-state index is 0.0905. The van der Waals surface area contributed by atoms with Gasteiger partial charge in [0.15, 0.2) is 0 Å². The largest absolute Gasteiger partial charge is 0.312 e. The van der Waals surface area contributed by atoms with Crippen LogP contribution in [0.1, 0.15) is 11.1 Å². The van der Waals surface area contributed by atoms with Crippen LogP contribution in [0.3, 0.4) is 0 Å². The molecule has 47 heavy (non-hydrogen) atoms. The Morgan fingerprint density at radius 2 is 1.19 bits per heavy atom. The van der Waals surface area contributed by atoms with Crippen LogP contribution >= 0.6 is 0 Å². The zero-order valence-corrected chi connectivity index (χ0v) is 28.1. The second-order valence-electron chi connectivity index (χ2n) is 14.0. The SMILES string of the molecule is Cc1ccc2c(c1)[Si](C)(C)c1cc(C)cc3c1N2c1cccc2c1B3c1c(n(-c3ccccc3)c3ccccc13)N2c1ccccc1. The molecule has 0 amide bonds. The Morgan fingerprint density at radius 1 is 0.532 bits per heavy atom. The lowest BCUT2D eigenvalue weighted by Gasteiger charge is -2.49. The molecule has 0 fully saturated rings. The van der Waals surface area contributed by atoms with Crippen LogP contribution in [-0.4, -0.2) is 19.4 Å². The molecule has 0 N–H and O–H groups in total. The molecule has 6 aromatic carbocycles. The normalized spacial score (nSPS) is 14.9. The summed E-state index contributed by atoms with van der Waals surface area (Å²) in [5.41, 5.74) is 15.7. The van der Waals surface area contributed by atoms with Crippen molar-refractivity contribution in [1.29, 1.82) is 0 Å². The molecule has 7 aromatic rings. The molecule has 1 aromatic heterocycles. The van der Waals surface area contributed by atoms with Gasteiger partial charge >= 0.3 is 0 Å². The van der Waals surface area contributed by atoms with E-state index in [1.807, 2.05) is 0 Å². The van der Waals surface area contributed by atoms with Crippen molar-refractivity contribution in [2.45, 2.75) is 26.9 Å².